The van der Waals surface area contributed by atoms with Crippen LogP contribution in [0.1, 0.15) is 24.2 Å². The van der Waals surface area contributed by atoms with Crippen molar-refractivity contribution in [2.24, 2.45) is 0 Å². The van der Waals surface area contributed by atoms with Gasteiger partial charge in [0.2, 0.25) is 5.91 Å². The average molecular weight is 341 g/mol. The Morgan fingerprint density at radius 2 is 1.96 bits per heavy atom. The number of nitrogens with zero attached hydrogens (tertiary/aromatic N) is 2. The number of carbonyl (C=O) groups is 2. The molecule has 0 spiro atoms. The molecule has 0 radical (unpaired) electrons. The fraction of sp³-hybridized carbons (Fsp3) is 0.176. The first-order valence-electron chi connectivity index (χ1n) is 7.40. The molecule has 0 saturated heterocycles. The predicted octanol–water partition coefficient (Wildman–Crippen LogP) is 3.49. The number of esters is 1. The monoisotopic (exact) mass is 341 g/mol. The summed E-state index contributed by atoms with van der Waals surface area (Å²) in [6.07, 6.45) is 0. The summed E-state index contributed by atoms with van der Waals surface area (Å²) in [6, 6.07) is 11.2. The Morgan fingerprint density at radius 3 is 2.62 bits per heavy atom. The number of anilines is 1. The van der Waals surface area contributed by atoms with Crippen molar-refractivity contribution in [1.82, 2.24) is 9.97 Å². The standard InChI is InChI=1S/C17H15N3O3S/c1-3-23-16(22)12-9-13(11-7-5-4-6-8-11)19-15-14(12)24-17(20-15)18-10(2)21/h4-9H,3H2,1-2H3,(H,18,19,20,21). The summed E-state index contributed by atoms with van der Waals surface area (Å²) in [4.78, 5) is 32.4. The van der Waals surface area contributed by atoms with Crippen LogP contribution in [0.2, 0.25) is 0 Å². The van der Waals surface area contributed by atoms with Crippen molar-refractivity contribution in [3.8, 4) is 11.3 Å². The van der Waals surface area contributed by atoms with Crippen molar-refractivity contribution >= 4 is 38.7 Å². The fourth-order valence-corrected chi connectivity index (χ4v) is 3.19. The second-order valence-corrected chi connectivity index (χ2v) is 5.99. The maximum Gasteiger partial charge on any atom is 0.339 e. The van der Waals surface area contributed by atoms with E-state index in [1.807, 2.05) is 30.3 Å². The van der Waals surface area contributed by atoms with Gasteiger partial charge in [0.25, 0.3) is 0 Å². The molecule has 0 bridgehead atoms. The van der Waals surface area contributed by atoms with Crippen LogP contribution in [0.5, 0.6) is 0 Å². The largest absolute Gasteiger partial charge is 0.462 e. The van der Waals surface area contributed by atoms with Gasteiger partial charge in [-0.25, -0.2) is 9.78 Å². The number of amides is 1. The number of nitrogens with one attached hydrogen (secondary N) is 1. The maximum absolute atomic E-state index is 12.3. The smallest absolute Gasteiger partial charge is 0.339 e. The van der Waals surface area contributed by atoms with Gasteiger partial charge in [0, 0.05) is 12.5 Å². The van der Waals surface area contributed by atoms with E-state index in [9.17, 15) is 9.59 Å². The van der Waals surface area contributed by atoms with Gasteiger partial charge in [-0.15, -0.1) is 0 Å². The number of rotatable bonds is 4. The molecule has 6 nitrogen and oxygen atoms in total. The summed E-state index contributed by atoms with van der Waals surface area (Å²) in [5.74, 6) is -0.657. The van der Waals surface area contributed by atoms with Crippen LogP contribution in [0.3, 0.4) is 0 Å². The van der Waals surface area contributed by atoms with Gasteiger partial charge in [-0.05, 0) is 13.0 Å². The zero-order chi connectivity index (χ0) is 17.1. The van der Waals surface area contributed by atoms with Crippen LogP contribution in [0.25, 0.3) is 21.6 Å². The lowest BCUT2D eigenvalue weighted by Gasteiger charge is -2.06. The van der Waals surface area contributed by atoms with Crippen molar-refractivity contribution in [2.45, 2.75) is 13.8 Å². The van der Waals surface area contributed by atoms with Gasteiger partial charge in [0.1, 0.15) is 0 Å². The zero-order valence-electron chi connectivity index (χ0n) is 13.2. The number of ether oxygens (including phenoxy) is 1. The van der Waals surface area contributed by atoms with E-state index in [4.69, 9.17) is 4.74 Å². The van der Waals surface area contributed by atoms with Crippen molar-refractivity contribution in [1.29, 1.82) is 0 Å². The van der Waals surface area contributed by atoms with E-state index >= 15 is 0 Å². The highest BCUT2D eigenvalue weighted by Gasteiger charge is 2.19. The van der Waals surface area contributed by atoms with E-state index in [-0.39, 0.29) is 12.5 Å². The molecule has 1 aromatic carbocycles. The molecular weight excluding hydrogens is 326 g/mol. The number of benzene rings is 1. The van der Waals surface area contributed by atoms with E-state index < -0.39 is 5.97 Å². The van der Waals surface area contributed by atoms with Crippen molar-refractivity contribution in [2.75, 3.05) is 11.9 Å². The molecule has 24 heavy (non-hydrogen) atoms. The molecule has 0 aliphatic carbocycles. The van der Waals surface area contributed by atoms with Crippen LogP contribution in [-0.4, -0.2) is 28.5 Å². The first-order valence-corrected chi connectivity index (χ1v) is 8.22. The topological polar surface area (TPSA) is 81.2 Å². The van der Waals surface area contributed by atoms with Gasteiger partial charge in [0.05, 0.1) is 22.6 Å². The molecule has 0 aliphatic rings. The van der Waals surface area contributed by atoms with Gasteiger partial charge in [-0.1, -0.05) is 41.7 Å². The fourth-order valence-electron chi connectivity index (χ4n) is 2.23. The molecule has 0 fully saturated rings. The SMILES string of the molecule is CCOC(=O)c1cc(-c2ccccc2)nc2nc(NC(C)=O)sc12. The van der Waals surface area contributed by atoms with Crippen molar-refractivity contribution < 1.29 is 14.3 Å². The molecule has 0 unspecified atom stereocenters. The number of thiazole rings is 1. The van der Waals surface area contributed by atoms with Gasteiger partial charge in [0.15, 0.2) is 10.8 Å². The highest BCUT2D eigenvalue weighted by atomic mass is 32.1. The number of hydrogen-bond donors (Lipinski definition) is 1. The number of hydrogen-bond acceptors (Lipinski definition) is 6. The second-order valence-electron chi connectivity index (χ2n) is 4.99. The van der Waals surface area contributed by atoms with Crippen LogP contribution in [0.4, 0.5) is 5.13 Å². The second kappa shape index (κ2) is 6.76. The molecule has 7 heteroatoms. The maximum atomic E-state index is 12.3. The third kappa shape index (κ3) is 3.26. The molecule has 0 saturated carbocycles. The van der Waals surface area contributed by atoms with Gasteiger partial charge < -0.3 is 10.1 Å². The lowest BCUT2D eigenvalue weighted by molar-refractivity contribution is -0.114. The Hall–Kier alpha value is -2.80. The summed E-state index contributed by atoms with van der Waals surface area (Å²) in [5.41, 5.74) is 2.31. The molecular formula is C17H15N3O3S. The van der Waals surface area contributed by atoms with Crippen molar-refractivity contribution in [3.63, 3.8) is 0 Å². The number of fused-ring (bicyclic) bond motifs is 1. The first-order chi connectivity index (χ1) is 11.6. The van der Waals surface area contributed by atoms with Crippen LogP contribution in [0.15, 0.2) is 36.4 Å². The van der Waals surface area contributed by atoms with E-state index in [1.165, 1.54) is 18.3 Å². The summed E-state index contributed by atoms with van der Waals surface area (Å²) < 4.78 is 5.74. The predicted molar refractivity (Wildman–Crippen MR) is 93.1 cm³/mol. The Morgan fingerprint density at radius 1 is 1.21 bits per heavy atom. The summed E-state index contributed by atoms with van der Waals surface area (Å²) in [5, 5.41) is 3.03. The highest BCUT2D eigenvalue weighted by molar-refractivity contribution is 7.22. The quantitative estimate of drug-likeness (QED) is 0.735. The average Bonchev–Trinajstić information content (AvgIpc) is 2.96. The summed E-state index contributed by atoms with van der Waals surface area (Å²) >= 11 is 1.20. The normalized spacial score (nSPS) is 10.6. The molecule has 0 atom stereocenters. The van der Waals surface area contributed by atoms with E-state index in [2.05, 4.69) is 15.3 Å². The number of pyridine rings is 1. The van der Waals surface area contributed by atoms with Crippen LogP contribution in [-0.2, 0) is 9.53 Å². The lowest BCUT2D eigenvalue weighted by atomic mass is 10.1. The third-order valence-electron chi connectivity index (χ3n) is 3.21. The lowest BCUT2D eigenvalue weighted by Crippen LogP contribution is -2.05. The van der Waals surface area contributed by atoms with Gasteiger partial charge in [-0.3, -0.25) is 4.79 Å². The molecule has 2 heterocycles. The Bertz CT molecular complexity index is 906. The van der Waals surface area contributed by atoms with Crippen LogP contribution < -0.4 is 5.32 Å². The molecule has 3 aromatic rings. The minimum Gasteiger partial charge on any atom is -0.462 e. The summed E-state index contributed by atoms with van der Waals surface area (Å²) in [7, 11) is 0. The van der Waals surface area contributed by atoms with E-state index in [1.54, 1.807) is 13.0 Å². The van der Waals surface area contributed by atoms with Crippen molar-refractivity contribution in [3.05, 3.63) is 42.0 Å². The third-order valence-corrected chi connectivity index (χ3v) is 4.20. The van der Waals surface area contributed by atoms with Gasteiger partial charge in [-0.2, -0.15) is 4.98 Å². The van der Waals surface area contributed by atoms with Gasteiger partial charge >= 0.3 is 5.97 Å². The molecule has 1 N–H and O–H groups in total. The minimum absolute atomic E-state index is 0.227. The summed E-state index contributed by atoms with van der Waals surface area (Å²) in [6.45, 7) is 3.44. The Labute approximate surface area is 142 Å². The molecule has 2 aromatic heterocycles. The molecule has 122 valence electrons. The zero-order valence-corrected chi connectivity index (χ0v) is 14.0. The molecule has 3 rings (SSSR count). The first kappa shape index (κ1) is 16.1. The van der Waals surface area contributed by atoms with E-state index in [0.29, 0.717) is 26.7 Å². The van der Waals surface area contributed by atoms with Crippen LogP contribution >= 0.6 is 11.3 Å². The number of aromatic nitrogens is 2. The Kier molecular flexibility index (Phi) is 4.52. The highest BCUT2D eigenvalue weighted by Crippen LogP contribution is 2.31. The molecule has 0 aliphatic heterocycles. The van der Waals surface area contributed by atoms with E-state index in [0.717, 1.165) is 5.56 Å². The number of carbonyl (C=O) groups excluding carboxylic acids is 2. The van der Waals surface area contributed by atoms with Crippen LogP contribution in [0, 0.1) is 0 Å². The molecule has 1 amide bonds. The Balaban J connectivity index is 2.18. The minimum atomic E-state index is -0.430.